The molecule has 2 N–H and O–H groups in total. The molecule has 1 unspecified atom stereocenters. The standard InChI is InChI=1S/C13H19N3O/c1-16(2)9-5-8-14-12-10-6-3-4-7-11(10)15-13(12)17/h3-4,6-7,12,14H,5,8-9H2,1-2H3,(H,15,17). The van der Waals surface area contributed by atoms with Gasteiger partial charge >= 0.3 is 0 Å². The van der Waals surface area contributed by atoms with E-state index in [4.69, 9.17) is 0 Å². The first-order valence-corrected chi connectivity index (χ1v) is 5.96. The second-order valence-electron chi connectivity index (χ2n) is 4.62. The maximum atomic E-state index is 11.8. The van der Waals surface area contributed by atoms with Crippen LogP contribution in [0.2, 0.25) is 0 Å². The fourth-order valence-electron chi connectivity index (χ4n) is 2.05. The fourth-order valence-corrected chi connectivity index (χ4v) is 2.05. The smallest absolute Gasteiger partial charge is 0.246 e. The van der Waals surface area contributed by atoms with Crippen LogP contribution in [0.1, 0.15) is 18.0 Å². The highest BCUT2D eigenvalue weighted by atomic mass is 16.2. The molecule has 0 saturated carbocycles. The van der Waals surface area contributed by atoms with Gasteiger partial charge in [0.05, 0.1) is 0 Å². The van der Waals surface area contributed by atoms with Crippen molar-refractivity contribution < 1.29 is 4.79 Å². The molecule has 0 bridgehead atoms. The monoisotopic (exact) mass is 233 g/mol. The first kappa shape index (κ1) is 12.1. The molecule has 4 nitrogen and oxygen atoms in total. The van der Waals surface area contributed by atoms with Crippen LogP contribution >= 0.6 is 0 Å². The SMILES string of the molecule is CN(C)CCCNC1C(=O)Nc2ccccc21. The van der Waals surface area contributed by atoms with Crippen molar-refractivity contribution in [2.24, 2.45) is 0 Å². The topological polar surface area (TPSA) is 44.4 Å². The van der Waals surface area contributed by atoms with Gasteiger partial charge in [-0.05, 0) is 39.7 Å². The number of benzene rings is 1. The molecule has 1 heterocycles. The lowest BCUT2D eigenvalue weighted by Crippen LogP contribution is -2.29. The minimum atomic E-state index is -0.187. The minimum absolute atomic E-state index is 0.0519. The summed E-state index contributed by atoms with van der Waals surface area (Å²) in [4.78, 5) is 13.9. The van der Waals surface area contributed by atoms with Gasteiger partial charge < -0.3 is 15.5 Å². The number of carbonyl (C=O) groups excluding carboxylic acids is 1. The third-order valence-corrected chi connectivity index (χ3v) is 2.92. The summed E-state index contributed by atoms with van der Waals surface area (Å²) in [5.74, 6) is 0.0519. The predicted molar refractivity (Wildman–Crippen MR) is 69.0 cm³/mol. The van der Waals surface area contributed by atoms with Crippen molar-refractivity contribution in [1.29, 1.82) is 0 Å². The highest BCUT2D eigenvalue weighted by Gasteiger charge is 2.29. The Labute approximate surface area is 102 Å². The average Bonchev–Trinajstić information content (AvgIpc) is 2.60. The molecule has 2 rings (SSSR count). The zero-order chi connectivity index (χ0) is 12.3. The number of rotatable bonds is 5. The summed E-state index contributed by atoms with van der Waals surface area (Å²) >= 11 is 0. The number of para-hydroxylation sites is 1. The van der Waals surface area contributed by atoms with E-state index in [1.54, 1.807) is 0 Å². The fraction of sp³-hybridized carbons (Fsp3) is 0.462. The van der Waals surface area contributed by atoms with Crippen molar-refractivity contribution >= 4 is 11.6 Å². The number of anilines is 1. The van der Waals surface area contributed by atoms with Crippen molar-refractivity contribution in [3.8, 4) is 0 Å². The van der Waals surface area contributed by atoms with Gasteiger partial charge in [-0.25, -0.2) is 0 Å². The van der Waals surface area contributed by atoms with E-state index >= 15 is 0 Å². The Kier molecular flexibility index (Phi) is 3.76. The van der Waals surface area contributed by atoms with E-state index in [9.17, 15) is 4.79 Å². The van der Waals surface area contributed by atoms with Crippen molar-refractivity contribution in [2.75, 3.05) is 32.5 Å². The van der Waals surface area contributed by atoms with Gasteiger partial charge in [0, 0.05) is 11.3 Å². The third-order valence-electron chi connectivity index (χ3n) is 2.92. The summed E-state index contributed by atoms with van der Waals surface area (Å²) in [6.07, 6.45) is 1.04. The van der Waals surface area contributed by atoms with Crippen LogP contribution in [0.4, 0.5) is 5.69 Å². The first-order valence-electron chi connectivity index (χ1n) is 5.96. The maximum absolute atomic E-state index is 11.8. The number of hydrogen-bond acceptors (Lipinski definition) is 3. The summed E-state index contributed by atoms with van der Waals surface area (Å²) in [6.45, 7) is 1.88. The Morgan fingerprint density at radius 2 is 2.12 bits per heavy atom. The summed E-state index contributed by atoms with van der Waals surface area (Å²) in [7, 11) is 4.11. The van der Waals surface area contributed by atoms with E-state index in [0.29, 0.717) is 0 Å². The second kappa shape index (κ2) is 5.29. The molecule has 1 aliphatic rings. The van der Waals surface area contributed by atoms with Crippen LogP contribution < -0.4 is 10.6 Å². The van der Waals surface area contributed by atoms with Crippen molar-refractivity contribution in [3.63, 3.8) is 0 Å². The summed E-state index contributed by atoms with van der Waals surface area (Å²) < 4.78 is 0. The summed E-state index contributed by atoms with van der Waals surface area (Å²) in [5, 5.41) is 6.19. The van der Waals surface area contributed by atoms with Gasteiger partial charge in [0.25, 0.3) is 0 Å². The lowest BCUT2D eigenvalue weighted by atomic mass is 10.1. The number of amides is 1. The third kappa shape index (κ3) is 2.84. The maximum Gasteiger partial charge on any atom is 0.246 e. The molecular weight excluding hydrogens is 214 g/mol. The molecule has 0 aliphatic carbocycles. The van der Waals surface area contributed by atoms with Crippen LogP contribution in [-0.4, -0.2) is 38.0 Å². The van der Waals surface area contributed by atoms with E-state index in [-0.39, 0.29) is 11.9 Å². The molecule has 0 spiro atoms. The van der Waals surface area contributed by atoms with E-state index in [2.05, 4.69) is 29.6 Å². The first-order chi connectivity index (χ1) is 8.18. The number of carbonyl (C=O) groups is 1. The van der Waals surface area contributed by atoms with Crippen LogP contribution in [0.15, 0.2) is 24.3 Å². The highest BCUT2D eigenvalue weighted by molar-refractivity contribution is 6.02. The number of fused-ring (bicyclic) bond motifs is 1. The zero-order valence-corrected chi connectivity index (χ0v) is 10.4. The molecule has 92 valence electrons. The molecular formula is C13H19N3O. The number of nitrogens with zero attached hydrogens (tertiary/aromatic N) is 1. The second-order valence-corrected chi connectivity index (χ2v) is 4.62. The Morgan fingerprint density at radius 3 is 2.88 bits per heavy atom. The van der Waals surface area contributed by atoms with Gasteiger partial charge in [-0.3, -0.25) is 4.79 Å². The number of hydrogen-bond donors (Lipinski definition) is 2. The molecule has 0 fully saturated rings. The predicted octanol–water partition coefficient (Wildman–Crippen LogP) is 1.22. The lowest BCUT2D eigenvalue weighted by Gasteiger charge is -2.13. The Bertz CT molecular complexity index is 403. The Hall–Kier alpha value is -1.39. The van der Waals surface area contributed by atoms with Crippen LogP contribution in [0.25, 0.3) is 0 Å². The Balaban J connectivity index is 1.91. The van der Waals surface area contributed by atoms with Gasteiger partial charge in [0.1, 0.15) is 6.04 Å². The normalized spacial score (nSPS) is 18.3. The molecule has 0 aromatic heterocycles. The van der Waals surface area contributed by atoms with Gasteiger partial charge in [-0.2, -0.15) is 0 Å². The summed E-state index contributed by atoms with van der Waals surface area (Å²) in [6, 6.07) is 7.65. The van der Waals surface area contributed by atoms with E-state index in [0.717, 1.165) is 30.8 Å². The van der Waals surface area contributed by atoms with Crippen molar-refractivity contribution in [3.05, 3.63) is 29.8 Å². The van der Waals surface area contributed by atoms with Gasteiger partial charge in [0.15, 0.2) is 0 Å². The van der Waals surface area contributed by atoms with E-state index < -0.39 is 0 Å². The quantitative estimate of drug-likeness (QED) is 0.752. The lowest BCUT2D eigenvalue weighted by molar-refractivity contribution is -0.117. The van der Waals surface area contributed by atoms with E-state index in [1.807, 2.05) is 24.3 Å². The molecule has 0 saturated heterocycles. The highest BCUT2D eigenvalue weighted by Crippen LogP contribution is 2.29. The largest absolute Gasteiger partial charge is 0.324 e. The Morgan fingerprint density at radius 1 is 1.35 bits per heavy atom. The van der Waals surface area contributed by atoms with Crippen LogP contribution in [0, 0.1) is 0 Å². The van der Waals surface area contributed by atoms with Gasteiger partial charge in [0.2, 0.25) is 5.91 Å². The van der Waals surface area contributed by atoms with Crippen LogP contribution in [-0.2, 0) is 4.79 Å². The van der Waals surface area contributed by atoms with Gasteiger partial charge in [-0.15, -0.1) is 0 Å². The summed E-state index contributed by atoms with van der Waals surface area (Å²) in [5.41, 5.74) is 1.99. The van der Waals surface area contributed by atoms with E-state index in [1.165, 1.54) is 0 Å². The molecule has 1 aromatic carbocycles. The van der Waals surface area contributed by atoms with Crippen molar-refractivity contribution in [1.82, 2.24) is 10.2 Å². The van der Waals surface area contributed by atoms with Crippen molar-refractivity contribution in [2.45, 2.75) is 12.5 Å². The van der Waals surface area contributed by atoms with Gasteiger partial charge in [-0.1, -0.05) is 18.2 Å². The molecule has 1 atom stereocenters. The number of nitrogens with one attached hydrogen (secondary N) is 2. The van der Waals surface area contributed by atoms with Crippen LogP contribution in [0.3, 0.4) is 0 Å². The molecule has 0 radical (unpaired) electrons. The molecule has 1 aliphatic heterocycles. The zero-order valence-electron chi connectivity index (χ0n) is 10.4. The molecule has 1 aromatic rings. The average molecular weight is 233 g/mol. The molecule has 17 heavy (non-hydrogen) atoms. The molecule has 4 heteroatoms. The minimum Gasteiger partial charge on any atom is -0.324 e. The van der Waals surface area contributed by atoms with Crippen LogP contribution in [0.5, 0.6) is 0 Å². The molecule has 1 amide bonds.